The lowest BCUT2D eigenvalue weighted by atomic mass is 9.76. The summed E-state index contributed by atoms with van der Waals surface area (Å²) in [5, 5.41) is 0. The minimum Gasteiger partial charge on any atom is -0.344 e. The van der Waals surface area contributed by atoms with Crippen molar-refractivity contribution in [2.45, 2.75) is 51.1 Å². The molecule has 1 amide bonds. The fourth-order valence-electron chi connectivity index (χ4n) is 3.65. The minimum absolute atomic E-state index is 0.139. The zero-order valence-electron chi connectivity index (χ0n) is 12.6. The van der Waals surface area contributed by atoms with Crippen molar-refractivity contribution in [1.29, 1.82) is 0 Å². The smallest absolute Gasteiger partial charge is 0.225 e. The Bertz CT molecular complexity index is 321. The van der Waals surface area contributed by atoms with E-state index in [0.717, 1.165) is 32.4 Å². The molecule has 1 aliphatic carbocycles. The highest BCUT2D eigenvalue weighted by Gasteiger charge is 2.35. The lowest BCUT2D eigenvalue weighted by Gasteiger charge is -2.36. The zero-order chi connectivity index (χ0) is 14.0. The standard InChI is InChI=1S/C15H29N3O/c1-11-13(7-4-8-14(11)16)15(19)18(3)10-12-6-5-9-17(12)2/h11-14H,4-10,16H2,1-3H3. The average Bonchev–Trinajstić information content (AvgIpc) is 2.77. The molecule has 4 nitrogen and oxygen atoms in total. The zero-order valence-corrected chi connectivity index (χ0v) is 12.6. The predicted octanol–water partition coefficient (Wildman–Crippen LogP) is 1.30. The minimum atomic E-state index is 0.139. The number of nitrogens with zero attached hydrogens (tertiary/aromatic N) is 2. The summed E-state index contributed by atoms with van der Waals surface area (Å²) in [5.74, 6) is 0.772. The lowest BCUT2D eigenvalue weighted by Crippen LogP contribution is -2.47. The average molecular weight is 267 g/mol. The van der Waals surface area contributed by atoms with Gasteiger partial charge in [0.1, 0.15) is 0 Å². The molecule has 0 aromatic heterocycles. The van der Waals surface area contributed by atoms with E-state index in [2.05, 4.69) is 18.9 Å². The van der Waals surface area contributed by atoms with Crippen LogP contribution in [0.3, 0.4) is 0 Å². The van der Waals surface area contributed by atoms with Crippen molar-refractivity contribution in [3.8, 4) is 0 Å². The lowest BCUT2D eigenvalue weighted by molar-refractivity contribution is -0.137. The van der Waals surface area contributed by atoms with Gasteiger partial charge < -0.3 is 15.5 Å². The van der Waals surface area contributed by atoms with Crippen LogP contribution in [0, 0.1) is 11.8 Å². The summed E-state index contributed by atoms with van der Waals surface area (Å²) < 4.78 is 0. The fraction of sp³-hybridized carbons (Fsp3) is 0.933. The first-order chi connectivity index (χ1) is 9.00. The summed E-state index contributed by atoms with van der Waals surface area (Å²) in [6.45, 7) is 4.17. The van der Waals surface area contributed by atoms with Gasteiger partial charge >= 0.3 is 0 Å². The molecule has 4 heteroatoms. The van der Waals surface area contributed by atoms with E-state index >= 15 is 0 Å². The van der Waals surface area contributed by atoms with Crippen molar-refractivity contribution in [2.75, 3.05) is 27.2 Å². The summed E-state index contributed by atoms with van der Waals surface area (Å²) in [7, 11) is 4.12. The molecule has 0 aromatic carbocycles. The van der Waals surface area contributed by atoms with Crippen molar-refractivity contribution in [1.82, 2.24) is 9.80 Å². The van der Waals surface area contributed by atoms with Gasteiger partial charge in [-0.15, -0.1) is 0 Å². The van der Waals surface area contributed by atoms with Gasteiger partial charge in [-0.2, -0.15) is 0 Å². The van der Waals surface area contributed by atoms with E-state index in [1.54, 1.807) is 0 Å². The SMILES string of the molecule is CC1C(N)CCCC1C(=O)N(C)CC1CCCN1C. The normalized spacial score (nSPS) is 36.4. The van der Waals surface area contributed by atoms with Crippen LogP contribution in [-0.4, -0.2) is 55.0 Å². The third-order valence-corrected chi connectivity index (χ3v) is 5.21. The van der Waals surface area contributed by atoms with Crippen molar-refractivity contribution in [3.63, 3.8) is 0 Å². The Labute approximate surface area is 117 Å². The van der Waals surface area contributed by atoms with Crippen LogP contribution in [0.5, 0.6) is 0 Å². The molecule has 0 aromatic rings. The first-order valence-electron chi connectivity index (χ1n) is 7.71. The predicted molar refractivity (Wildman–Crippen MR) is 77.8 cm³/mol. The van der Waals surface area contributed by atoms with Crippen LogP contribution in [0.4, 0.5) is 0 Å². The molecule has 1 heterocycles. The highest BCUT2D eigenvalue weighted by atomic mass is 16.2. The van der Waals surface area contributed by atoms with E-state index in [-0.39, 0.29) is 12.0 Å². The third-order valence-electron chi connectivity index (χ3n) is 5.21. The third kappa shape index (κ3) is 3.29. The Kier molecular flexibility index (Phi) is 4.85. The van der Waals surface area contributed by atoms with E-state index in [0.29, 0.717) is 17.9 Å². The number of carbonyl (C=O) groups excluding carboxylic acids is 1. The topological polar surface area (TPSA) is 49.6 Å². The number of hydrogen-bond acceptors (Lipinski definition) is 3. The monoisotopic (exact) mass is 267 g/mol. The van der Waals surface area contributed by atoms with E-state index in [1.165, 1.54) is 12.8 Å². The Morgan fingerprint density at radius 1 is 1.32 bits per heavy atom. The van der Waals surface area contributed by atoms with Gasteiger partial charge in [0.15, 0.2) is 0 Å². The van der Waals surface area contributed by atoms with Crippen molar-refractivity contribution >= 4 is 5.91 Å². The van der Waals surface area contributed by atoms with Crippen LogP contribution < -0.4 is 5.73 Å². The maximum atomic E-state index is 12.6. The van der Waals surface area contributed by atoms with Gasteiger partial charge in [0.25, 0.3) is 0 Å². The molecule has 2 fully saturated rings. The molecule has 19 heavy (non-hydrogen) atoms. The molecule has 0 spiro atoms. The van der Waals surface area contributed by atoms with Gasteiger partial charge in [0.05, 0.1) is 0 Å². The highest BCUT2D eigenvalue weighted by molar-refractivity contribution is 5.79. The van der Waals surface area contributed by atoms with Gasteiger partial charge in [0, 0.05) is 31.6 Å². The van der Waals surface area contributed by atoms with Gasteiger partial charge in [-0.05, 0) is 45.2 Å². The molecule has 0 radical (unpaired) electrons. The van der Waals surface area contributed by atoms with Crippen LogP contribution in [0.15, 0.2) is 0 Å². The van der Waals surface area contributed by atoms with Crippen molar-refractivity contribution in [3.05, 3.63) is 0 Å². The summed E-state index contributed by atoms with van der Waals surface area (Å²) in [4.78, 5) is 16.9. The molecular weight excluding hydrogens is 238 g/mol. The first-order valence-corrected chi connectivity index (χ1v) is 7.71. The van der Waals surface area contributed by atoms with Crippen LogP contribution in [-0.2, 0) is 4.79 Å². The number of likely N-dealkylation sites (tertiary alicyclic amines) is 1. The number of rotatable bonds is 3. The van der Waals surface area contributed by atoms with Crippen molar-refractivity contribution < 1.29 is 4.79 Å². The molecule has 0 bridgehead atoms. The summed E-state index contributed by atoms with van der Waals surface area (Å²) in [6, 6.07) is 0.742. The van der Waals surface area contributed by atoms with Crippen molar-refractivity contribution in [2.24, 2.45) is 17.6 Å². The van der Waals surface area contributed by atoms with E-state index in [1.807, 2.05) is 11.9 Å². The largest absolute Gasteiger partial charge is 0.344 e. The van der Waals surface area contributed by atoms with Crippen LogP contribution in [0.2, 0.25) is 0 Å². The van der Waals surface area contributed by atoms with Gasteiger partial charge in [0.2, 0.25) is 5.91 Å². The fourth-order valence-corrected chi connectivity index (χ4v) is 3.65. The van der Waals surface area contributed by atoms with Gasteiger partial charge in [-0.25, -0.2) is 0 Å². The number of nitrogens with two attached hydrogens (primary N) is 1. The highest BCUT2D eigenvalue weighted by Crippen LogP contribution is 2.30. The Morgan fingerprint density at radius 2 is 2.05 bits per heavy atom. The maximum absolute atomic E-state index is 12.6. The van der Waals surface area contributed by atoms with Gasteiger partial charge in [-0.3, -0.25) is 4.79 Å². The number of hydrogen-bond donors (Lipinski definition) is 1. The molecule has 1 aliphatic heterocycles. The van der Waals surface area contributed by atoms with E-state index in [4.69, 9.17) is 5.73 Å². The second kappa shape index (κ2) is 6.23. The molecule has 4 atom stereocenters. The number of carbonyl (C=O) groups is 1. The van der Waals surface area contributed by atoms with Crippen LogP contribution in [0.25, 0.3) is 0 Å². The maximum Gasteiger partial charge on any atom is 0.225 e. The van der Waals surface area contributed by atoms with Crippen LogP contribution >= 0.6 is 0 Å². The molecule has 2 aliphatic rings. The summed E-state index contributed by atoms with van der Waals surface area (Å²) in [5.41, 5.74) is 6.11. The molecule has 1 saturated heterocycles. The quantitative estimate of drug-likeness (QED) is 0.838. The second-order valence-corrected chi connectivity index (χ2v) is 6.56. The Balaban J connectivity index is 1.91. The molecule has 110 valence electrons. The number of likely N-dealkylation sites (N-methyl/N-ethyl adjacent to an activating group) is 2. The molecule has 2 rings (SSSR count). The second-order valence-electron chi connectivity index (χ2n) is 6.56. The Hall–Kier alpha value is -0.610. The molecule has 1 saturated carbocycles. The summed E-state index contributed by atoms with van der Waals surface area (Å²) >= 11 is 0. The molecule has 4 unspecified atom stereocenters. The molecular formula is C15H29N3O. The van der Waals surface area contributed by atoms with Gasteiger partial charge in [-0.1, -0.05) is 13.3 Å². The summed E-state index contributed by atoms with van der Waals surface area (Å²) in [6.07, 6.45) is 5.65. The Morgan fingerprint density at radius 3 is 2.68 bits per heavy atom. The van der Waals surface area contributed by atoms with E-state index < -0.39 is 0 Å². The first kappa shape index (κ1) is 14.8. The number of amides is 1. The van der Waals surface area contributed by atoms with E-state index in [9.17, 15) is 4.79 Å². The molecule has 2 N–H and O–H groups in total. The van der Waals surface area contributed by atoms with Crippen LogP contribution in [0.1, 0.15) is 39.0 Å².